The number of likely N-dealkylation sites (tertiary alicyclic amines) is 1. The van der Waals surface area contributed by atoms with Crippen LogP contribution in [0.4, 0.5) is 5.69 Å². The lowest BCUT2D eigenvalue weighted by Gasteiger charge is -2.24. The maximum Gasteiger partial charge on any atom is 0.255 e. The van der Waals surface area contributed by atoms with E-state index in [2.05, 4.69) is 16.3 Å². The van der Waals surface area contributed by atoms with Gasteiger partial charge in [0.1, 0.15) is 0 Å². The number of nitrogens with zero attached hydrogens (tertiary/aromatic N) is 1. The van der Waals surface area contributed by atoms with E-state index in [0.717, 1.165) is 49.1 Å². The first-order valence-electron chi connectivity index (χ1n) is 7.98. The maximum absolute atomic E-state index is 12.8. The van der Waals surface area contributed by atoms with E-state index in [4.69, 9.17) is 0 Å². The molecular weight excluding hydrogens is 248 g/mol. The number of hydrogen-bond donors (Lipinski definition) is 1. The Balaban J connectivity index is 1.60. The van der Waals surface area contributed by atoms with Gasteiger partial charge in [-0.05, 0) is 49.1 Å². The van der Waals surface area contributed by atoms with Gasteiger partial charge in [-0.15, -0.1) is 0 Å². The zero-order valence-corrected chi connectivity index (χ0v) is 11.9. The standard InChI is InChI=1S/C17H22N2O/c20-17(19-10-13-5-1-6-14(13)11-19)15-8-2-4-12-7-3-9-18-16(12)15/h2,4,8,13-14,18H,1,3,5-7,9-11H2. The summed E-state index contributed by atoms with van der Waals surface area (Å²) in [6.45, 7) is 2.95. The molecule has 2 heterocycles. The molecule has 1 aromatic carbocycles. The summed E-state index contributed by atoms with van der Waals surface area (Å²) in [4.78, 5) is 14.9. The summed E-state index contributed by atoms with van der Waals surface area (Å²) >= 11 is 0. The molecule has 1 saturated heterocycles. The lowest BCUT2D eigenvalue weighted by molar-refractivity contribution is 0.0781. The van der Waals surface area contributed by atoms with Gasteiger partial charge in [0.15, 0.2) is 0 Å². The molecule has 1 amide bonds. The van der Waals surface area contributed by atoms with E-state index in [-0.39, 0.29) is 5.91 Å². The first kappa shape index (κ1) is 12.2. The van der Waals surface area contributed by atoms with Crippen molar-refractivity contribution in [1.82, 2.24) is 4.90 Å². The zero-order chi connectivity index (χ0) is 13.5. The zero-order valence-electron chi connectivity index (χ0n) is 11.9. The largest absolute Gasteiger partial charge is 0.384 e. The second-order valence-electron chi connectivity index (χ2n) is 6.53. The third-order valence-electron chi connectivity index (χ3n) is 5.32. The van der Waals surface area contributed by atoms with Gasteiger partial charge in [-0.25, -0.2) is 0 Å². The van der Waals surface area contributed by atoms with Gasteiger partial charge in [0.25, 0.3) is 5.91 Å². The van der Waals surface area contributed by atoms with E-state index in [1.807, 2.05) is 12.1 Å². The minimum atomic E-state index is 0.241. The van der Waals surface area contributed by atoms with Crippen LogP contribution in [0.5, 0.6) is 0 Å². The topological polar surface area (TPSA) is 32.3 Å². The SMILES string of the molecule is O=C(c1cccc2c1NCCC2)N1CC2CCCC2C1. The number of amides is 1. The van der Waals surface area contributed by atoms with Crippen molar-refractivity contribution < 1.29 is 4.79 Å². The van der Waals surface area contributed by atoms with E-state index >= 15 is 0 Å². The molecule has 1 saturated carbocycles. The minimum Gasteiger partial charge on any atom is -0.384 e. The molecule has 106 valence electrons. The van der Waals surface area contributed by atoms with E-state index in [1.165, 1.54) is 31.2 Å². The quantitative estimate of drug-likeness (QED) is 0.851. The van der Waals surface area contributed by atoms with Crippen molar-refractivity contribution in [2.45, 2.75) is 32.1 Å². The van der Waals surface area contributed by atoms with E-state index in [0.29, 0.717) is 0 Å². The highest BCUT2D eigenvalue weighted by Crippen LogP contribution is 2.39. The van der Waals surface area contributed by atoms with Gasteiger partial charge in [-0.1, -0.05) is 18.6 Å². The Morgan fingerprint density at radius 3 is 2.75 bits per heavy atom. The van der Waals surface area contributed by atoms with Crippen LogP contribution in [0.3, 0.4) is 0 Å². The molecule has 20 heavy (non-hydrogen) atoms. The fourth-order valence-corrected chi connectivity index (χ4v) is 4.26. The van der Waals surface area contributed by atoms with Crippen molar-refractivity contribution in [3.05, 3.63) is 29.3 Å². The third-order valence-corrected chi connectivity index (χ3v) is 5.32. The van der Waals surface area contributed by atoms with Gasteiger partial charge in [-0.3, -0.25) is 4.79 Å². The fourth-order valence-electron chi connectivity index (χ4n) is 4.26. The first-order valence-corrected chi connectivity index (χ1v) is 7.98. The normalized spacial score (nSPS) is 27.9. The molecule has 4 rings (SSSR count). The molecule has 2 unspecified atom stereocenters. The molecule has 2 atom stereocenters. The van der Waals surface area contributed by atoms with Crippen LogP contribution in [0.15, 0.2) is 18.2 Å². The van der Waals surface area contributed by atoms with Gasteiger partial charge >= 0.3 is 0 Å². The van der Waals surface area contributed by atoms with Crippen LogP contribution in [0.1, 0.15) is 41.6 Å². The second kappa shape index (κ2) is 4.80. The summed E-state index contributed by atoms with van der Waals surface area (Å²) in [5.41, 5.74) is 3.30. The number of carbonyl (C=O) groups is 1. The highest BCUT2D eigenvalue weighted by atomic mass is 16.2. The number of nitrogens with one attached hydrogen (secondary N) is 1. The highest BCUT2D eigenvalue weighted by Gasteiger charge is 2.38. The summed E-state index contributed by atoms with van der Waals surface area (Å²) in [7, 11) is 0. The number of benzene rings is 1. The summed E-state index contributed by atoms with van der Waals surface area (Å²) in [5.74, 6) is 1.78. The van der Waals surface area contributed by atoms with Crippen LogP contribution in [-0.4, -0.2) is 30.4 Å². The molecule has 1 aliphatic carbocycles. The van der Waals surface area contributed by atoms with Crippen LogP contribution in [0, 0.1) is 11.8 Å². The van der Waals surface area contributed by atoms with E-state index in [1.54, 1.807) is 0 Å². The molecule has 3 nitrogen and oxygen atoms in total. The van der Waals surface area contributed by atoms with Crippen molar-refractivity contribution in [1.29, 1.82) is 0 Å². The summed E-state index contributed by atoms with van der Waals surface area (Å²) in [6.07, 6.45) is 6.26. The monoisotopic (exact) mass is 270 g/mol. The molecule has 3 aliphatic rings. The summed E-state index contributed by atoms with van der Waals surface area (Å²) in [6, 6.07) is 6.18. The molecule has 0 bridgehead atoms. The van der Waals surface area contributed by atoms with Crippen LogP contribution in [0.25, 0.3) is 0 Å². The Morgan fingerprint density at radius 2 is 1.95 bits per heavy atom. The molecule has 2 fully saturated rings. The lowest BCUT2D eigenvalue weighted by Crippen LogP contribution is -2.31. The Morgan fingerprint density at radius 1 is 1.15 bits per heavy atom. The Bertz CT molecular complexity index is 528. The Kier molecular flexibility index (Phi) is 2.94. The molecule has 0 aromatic heterocycles. The number of hydrogen-bond acceptors (Lipinski definition) is 2. The van der Waals surface area contributed by atoms with Gasteiger partial charge in [0.05, 0.1) is 11.3 Å². The molecule has 0 radical (unpaired) electrons. The second-order valence-corrected chi connectivity index (χ2v) is 6.53. The summed E-state index contributed by atoms with van der Waals surface area (Å²) in [5, 5.41) is 3.44. The minimum absolute atomic E-state index is 0.241. The predicted molar refractivity (Wildman–Crippen MR) is 80.0 cm³/mol. The van der Waals surface area contributed by atoms with E-state index in [9.17, 15) is 4.79 Å². The van der Waals surface area contributed by atoms with Crippen molar-refractivity contribution >= 4 is 11.6 Å². The molecular formula is C17H22N2O. The smallest absolute Gasteiger partial charge is 0.255 e. The molecule has 1 N–H and O–H groups in total. The number of para-hydroxylation sites is 1. The van der Waals surface area contributed by atoms with Crippen LogP contribution in [-0.2, 0) is 6.42 Å². The Labute approximate surface area is 120 Å². The first-order chi connectivity index (χ1) is 9.83. The van der Waals surface area contributed by atoms with Crippen molar-refractivity contribution in [3.8, 4) is 0 Å². The molecule has 3 heteroatoms. The number of rotatable bonds is 1. The maximum atomic E-state index is 12.8. The van der Waals surface area contributed by atoms with Crippen LogP contribution in [0.2, 0.25) is 0 Å². The average molecular weight is 270 g/mol. The third kappa shape index (κ3) is 1.91. The number of aryl methyl sites for hydroxylation is 1. The molecule has 0 spiro atoms. The van der Waals surface area contributed by atoms with Gasteiger partial charge in [-0.2, -0.15) is 0 Å². The predicted octanol–water partition coefficient (Wildman–Crippen LogP) is 2.92. The van der Waals surface area contributed by atoms with Crippen molar-refractivity contribution in [2.75, 3.05) is 25.0 Å². The Hall–Kier alpha value is -1.51. The van der Waals surface area contributed by atoms with Crippen LogP contribution >= 0.6 is 0 Å². The van der Waals surface area contributed by atoms with Gasteiger partial charge in [0.2, 0.25) is 0 Å². The van der Waals surface area contributed by atoms with Crippen LogP contribution < -0.4 is 5.32 Å². The molecule has 1 aromatic rings. The number of anilines is 1. The average Bonchev–Trinajstić information content (AvgIpc) is 3.07. The fraction of sp³-hybridized carbons (Fsp3) is 0.588. The van der Waals surface area contributed by atoms with E-state index < -0.39 is 0 Å². The van der Waals surface area contributed by atoms with Gasteiger partial charge in [0, 0.05) is 19.6 Å². The van der Waals surface area contributed by atoms with Crippen molar-refractivity contribution in [3.63, 3.8) is 0 Å². The lowest BCUT2D eigenvalue weighted by atomic mass is 9.99. The number of fused-ring (bicyclic) bond motifs is 2. The van der Waals surface area contributed by atoms with Crippen molar-refractivity contribution in [2.24, 2.45) is 11.8 Å². The highest BCUT2D eigenvalue weighted by molar-refractivity contribution is 6.00. The summed E-state index contributed by atoms with van der Waals surface area (Å²) < 4.78 is 0. The van der Waals surface area contributed by atoms with Gasteiger partial charge < -0.3 is 10.2 Å². The molecule has 2 aliphatic heterocycles. The number of carbonyl (C=O) groups excluding carboxylic acids is 1.